The largest absolute Gasteiger partial charge is 0.346 e. The first-order valence-corrected chi connectivity index (χ1v) is 11.2. The fourth-order valence-corrected chi connectivity index (χ4v) is 3.48. The van der Waals surface area contributed by atoms with Gasteiger partial charge in [-0.2, -0.15) is 0 Å². The van der Waals surface area contributed by atoms with Gasteiger partial charge in [0.1, 0.15) is 0 Å². The summed E-state index contributed by atoms with van der Waals surface area (Å²) in [7, 11) is -7.59. The summed E-state index contributed by atoms with van der Waals surface area (Å²) >= 11 is 0. The van der Waals surface area contributed by atoms with E-state index in [0.29, 0.717) is 11.4 Å². The summed E-state index contributed by atoms with van der Waals surface area (Å²) in [5.41, 5.74) is 7.27. The zero-order valence-corrected chi connectivity index (χ0v) is 16.5. The monoisotopic (exact) mass is 438 g/mol. The minimum atomic E-state index is -3.82. The molecule has 7 N–H and O–H groups in total. The van der Waals surface area contributed by atoms with Crippen LogP contribution in [0.5, 0.6) is 0 Å². The molecule has 0 saturated carbocycles. The predicted molar refractivity (Wildman–Crippen MR) is 105 cm³/mol. The molecule has 0 fully saturated rings. The second-order valence-electron chi connectivity index (χ2n) is 6.05. The third-order valence-electron chi connectivity index (χ3n) is 3.95. The Balaban J connectivity index is 1.61. The third kappa shape index (κ3) is 5.10. The standard InChI is InChI=1S/C16H18N6O5S2/c17-28(24,25)14-5-1-11(2-6-14)16(23)19-9-12-10-22(21-20-12)13-3-7-15(8-4-13)29(18,26)27/h1-8,10,20-21H,9H2,(H,19,23)(H2,17,24,25)(H2,18,26,27). The number of nitrogens with two attached hydrogens (primary N) is 2. The third-order valence-corrected chi connectivity index (χ3v) is 5.81. The second-order valence-corrected chi connectivity index (χ2v) is 9.17. The number of benzene rings is 2. The van der Waals surface area contributed by atoms with Gasteiger partial charge in [-0.05, 0) is 48.5 Å². The summed E-state index contributed by atoms with van der Waals surface area (Å²) in [4.78, 5) is 12.1. The average molecular weight is 438 g/mol. The van der Waals surface area contributed by atoms with Gasteiger partial charge in [0.2, 0.25) is 20.0 Å². The Bertz CT molecular complexity index is 1160. The fourth-order valence-electron chi connectivity index (χ4n) is 2.45. The van der Waals surface area contributed by atoms with Crippen LogP contribution < -0.4 is 31.6 Å². The van der Waals surface area contributed by atoms with Gasteiger partial charge >= 0.3 is 0 Å². The molecule has 3 rings (SSSR count). The lowest BCUT2D eigenvalue weighted by Crippen LogP contribution is -2.38. The molecular weight excluding hydrogens is 420 g/mol. The van der Waals surface area contributed by atoms with Gasteiger partial charge in [0.15, 0.2) is 0 Å². The molecule has 29 heavy (non-hydrogen) atoms. The SMILES string of the molecule is NS(=O)(=O)c1ccc(C(=O)NCC2=CN(c3ccc(S(N)(=O)=O)cc3)NN2)cc1. The molecule has 0 radical (unpaired) electrons. The highest BCUT2D eigenvalue weighted by molar-refractivity contribution is 7.89. The summed E-state index contributed by atoms with van der Waals surface area (Å²) in [6.45, 7) is 0.161. The van der Waals surface area contributed by atoms with Gasteiger partial charge in [-0.3, -0.25) is 9.80 Å². The Hall–Kier alpha value is -2.97. The van der Waals surface area contributed by atoms with E-state index in [1.54, 1.807) is 23.3 Å². The molecule has 2 aromatic carbocycles. The molecular formula is C16H18N6O5S2. The highest BCUT2D eigenvalue weighted by Gasteiger charge is 2.16. The van der Waals surface area contributed by atoms with Gasteiger partial charge in [-0.1, -0.05) is 0 Å². The molecule has 1 aliphatic heterocycles. The highest BCUT2D eigenvalue weighted by Crippen LogP contribution is 2.18. The first-order chi connectivity index (χ1) is 13.5. The Morgan fingerprint density at radius 2 is 1.41 bits per heavy atom. The number of primary sulfonamides is 2. The Morgan fingerprint density at radius 1 is 0.897 bits per heavy atom. The summed E-state index contributed by atoms with van der Waals surface area (Å²) in [5, 5.41) is 14.4. The van der Waals surface area contributed by atoms with Gasteiger partial charge in [0.05, 0.1) is 27.7 Å². The Labute approximate surface area is 167 Å². The van der Waals surface area contributed by atoms with E-state index in [9.17, 15) is 21.6 Å². The number of carbonyl (C=O) groups excluding carboxylic acids is 1. The van der Waals surface area contributed by atoms with Crippen molar-refractivity contribution in [1.82, 2.24) is 16.3 Å². The van der Waals surface area contributed by atoms with E-state index in [-0.39, 0.29) is 21.9 Å². The van der Waals surface area contributed by atoms with Crippen LogP contribution in [0, 0.1) is 0 Å². The summed E-state index contributed by atoms with van der Waals surface area (Å²) in [6.07, 6.45) is 1.68. The molecule has 0 atom stereocenters. The summed E-state index contributed by atoms with van der Waals surface area (Å²) < 4.78 is 45.1. The lowest BCUT2D eigenvalue weighted by Gasteiger charge is -2.15. The lowest BCUT2D eigenvalue weighted by molar-refractivity contribution is 0.0956. The molecule has 0 bridgehead atoms. The maximum absolute atomic E-state index is 12.2. The van der Waals surface area contributed by atoms with Crippen molar-refractivity contribution in [3.63, 3.8) is 0 Å². The average Bonchev–Trinajstić information content (AvgIpc) is 3.14. The van der Waals surface area contributed by atoms with Gasteiger partial charge in [-0.25, -0.2) is 27.1 Å². The molecule has 11 nitrogen and oxygen atoms in total. The highest BCUT2D eigenvalue weighted by atomic mass is 32.2. The number of amides is 1. The molecule has 1 aliphatic rings. The summed E-state index contributed by atoms with van der Waals surface area (Å²) in [5.74, 6) is -0.398. The van der Waals surface area contributed by atoms with Crippen LogP contribution in [0.1, 0.15) is 10.4 Å². The van der Waals surface area contributed by atoms with E-state index in [1.165, 1.54) is 36.4 Å². The number of hydrogen-bond donors (Lipinski definition) is 5. The molecule has 0 aromatic heterocycles. The number of rotatable bonds is 6. The number of nitrogens with zero attached hydrogens (tertiary/aromatic N) is 1. The number of sulfonamides is 2. The number of hydrogen-bond acceptors (Lipinski definition) is 8. The molecule has 2 aromatic rings. The molecule has 0 aliphatic carbocycles. The van der Waals surface area contributed by atoms with Crippen molar-refractivity contribution in [2.75, 3.05) is 11.6 Å². The molecule has 1 heterocycles. The van der Waals surface area contributed by atoms with Crippen LogP contribution in [-0.2, 0) is 20.0 Å². The van der Waals surface area contributed by atoms with Gasteiger partial charge < -0.3 is 10.7 Å². The minimum absolute atomic E-state index is 0.00155. The van der Waals surface area contributed by atoms with Crippen LogP contribution in [0.3, 0.4) is 0 Å². The maximum atomic E-state index is 12.2. The first-order valence-electron chi connectivity index (χ1n) is 8.09. The van der Waals surface area contributed by atoms with E-state index in [1.807, 2.05) is 0 Å². The second kappa shape index (κ2) is 7.81. The molecule has 0 spiro atoms. The zero-order chi connectivity index (χ0) is 21.2. The van der Waals surface area contributed by atoms with Crippen LogP contribution in [0.4, 0.5) is 5.69 Å². The van der Waals surface area contributed by atoms with Crippen LogP contribution >= 0.6 is 0 Å². The van der Waals surface area contributed by atoms with Crippen molar-refractivity contribution < 1.29 is 21.6 Å². The predicted octanol–water partition coefficient (Wildman–Crippen LogP) is -0.918. The smallest absolute Gasteiger partial charge is 0.251 e. The van der Waals surface area contributed by atoms with Crippen molar-refractivity contribution in [3.05, 3.63) is 66.0 Å². The number of carbonyl (C=O) groups is 1. The molecule has 1 amide bonds. The zero-order valence-electron chi connectivity index (χ0n) is 14.9. The van der Waals surface area contributed by atoms with Crippen LogP contribution in [0.15, 0.2) is 70.2 Å². The molecule has 13 heteroatoms. The van der Waals surface area contributed by atoms with Gasteiger partial charge in [0.25, 0.3) is 5.91 Å². The quantitative estimate of drug-likeness (QED) is 0.384. The summed E-state index contributed by atoms with van der Waals surface area (Å²) in [6, 6.07) is 11.1. The topological polar surface area (TPSA) is 177 Å². The van der Waals surface area contributed by atoms with Gasteiger partial charge in [-0.15, -0.1) is 5.53 Å². The van der Waals surface area contributed by atoms with E-state index in [0.717, 1.165) is 0 Å². The first kappa shape index (κ1) is 20.8. The van der Waals surface area contributed by atoms with Crippen molar-refractivity contribution in [3.8, 4) is 0 Å². The van der Waals surface area contributed by atoms with E-state index in [4.69, 9.17) is 10.3 Å². The number of anilines is 1. The number of hydrazine groups is 2. The van der Waals surface area contributed by atoms with Crippen molar-refractivity contribution in [1.29, 1.82) is 0 Å². The Morgan fingerprint density at radius 3 is 1.93 bits per heavy atom. The fraction of sp³-hybridized carbons (Fsp3) is 0.0625. The number of nitrogens with one attached hydrogen (secondary N) is 3. The van der Waals surface area contributed by atoms with E-state index in [2.05, 4.69) is 16.3 Å². The van der Waals surface area contributed by atoms with Crippen LogP contribution in [0.2, 0.25) is 0 Å². The van der Waals surface area contributed by atoms with Gasteiger partial charge in [0, 0.05) is 11.8 Å². The van der Waals surface area contributed by atoms with Crippen molar-refractivity contribution in [2.24, 2.45) is 10.3 Å². The maximum Gasteiger partial charge on any atom is 0.251 e. The lowest BCUT2D eigenvalue weighted by atomic mass is 10.2. The molecule has 0 saturated heterocycles. The van der Waals surface area contributed by atoms with Crippen LogP contribution in [-0.4, -0.2) is 29.3 Å². The minimum Gasteiger partial charge on any atom is -0.346 e. The van der Waals surface area contributed by atoms with E-state index < -0.39 is 26.0 Å². The van der Waals surface area contributed by atoms with Crippen molar-refractivity contribution >= 4 is 31.6 Å². The van der Waals surface area contributed by atoms with Crippen molar-refractivity contribution in [2.45, 2.75) is 9.79 Å². The molecule has 0 unspecified atom stereocenters. The molecule has 154 valence electrons. The Kier molecular flexibility index (Phi) is 5.59. The van der Waals surface area contributed by atoms with Crippen LogP contribution in [0.25, 0.3) is 0 Å². The van der Waals surface area contributed by atoms with E-state index >= 15 is 0 Å². The normalized spacial score (nSPS) is 14.3.